The van der Waals surface area contributed by atoms with Gasteiger partial charge in [0.1, 0.15) is 0 Å². The van der Waals surface area contributed by atoms with E-state index in [1.807, 2.05) is 18.5 Å². The number of carbonyl (C=O) groups is 1. The van der Waals surface area contributed by atoms with Gasteiger partial charge in [-0.1, -0.05) is 89.7 Å². The molecule has 2 heterocycles. The Bertz CT molecular complexity index is 1020. The molecule has 0 aliphatic carbocycles. The highest BCUT2D eigenvalue weighted by atomic mass is 16.1. The van der Waals surface area contributed by atoms with Crippen molar-refractivity contribution >= 4 is 27.7 Å². The summed E-state index contributed by atoms with van der Waals surface area (Å²) in [6, 6.07) is 10.9. The number of primary amides is 1. The minimum Gasteiger partial charge on any atom is -0.370 e. The molecule has 0 aliphatic rings. The van der Waals surface area contributed by atoms with Crippen molar-refractivity contribution in [2.75, 3.05) is 0 Å². The summed E-state index contributed by atoms with van der Waals surface area (Å²) >= 11 is 0. The zero-order valence-corrected chi connectivity index (χ0v) is 21.1. The molecule has 0 radical (unpaired) electrons. The highest BCUT2D eigenvalue weighted by Crippen LogP contribution is 2.36. The number of unbranched alkanes of at least 4 members (excludes halogenated alkanes) is 10. The molecule has 0 aliphatic heterocycles. The number of amides is 1. The Morgan fingerprint density at radius 3 is 2.06 bits per heavy atom. The maximum Gasteiger partial charge on any atom is 0.217 e. The first-order chi connectivity index (χ1) is 16.7. The molecule has 1 unspecified atom stereocenters. The van der Waals surface area contributed by atoms with Crippen molar-refractivity contribution in [3.05, 3.63) is 48.3 Å². The molecule has 0 bridgehead atoms. The lowest BCUT2D eigenvalue weighted by atomic mass is 9.85. The second kappa shape index (κ2) is 14.7. The van der Waals surface area contributed by atoms with E-state index >= 15 is 0 Å². The zero-order chi connectivity index (χ0) is 24.0. The van der Waals surface area contributed by atoms with E-state index in [2.05, 4.69) is 36.2 Å². The van der Waals surface area contributed by atoms with Crippen molar-refractivity contribution in [1.82, 2.24) is 9.97 Å². The van der Waals surface area contributed by atoms with Gasteiger partial charge in [-0.15, -0.1) is 0 Å². The van der Waals surface area contributed by atoms with Gasteiger partial charge in [-0.3, -0.25) is 14.8 Å². The van der Waals surface area contributed by atoms with Crippen molar-refractivity contribution in [3.63, 3.8) is 0 Å². The summed E-state index contributed by atoms with van der Waals surface area (Å²) in [5.41, 5.74) is 8.75. The second-order valence-corrected chi connectivity index (χ2v) is 9.82. The Hall–Kier alpha value is -2.49. The van der Waals surface area contributed by atoms with Crippen LogP contribution in [0.1, 0.15) is 115 Å². The minimum absolute atomic E-state index is 0.176. The number of nitrogens with two attached hydrogens (primary N) is 1. The first-order valence-electron chi connectivity index (χ1n) is 13.6. The second-order valence-electron chi connectivity index (χ2n) is 9.82. The molecule has 2 N–H and O–H groups in total. The van der Waals surface area contributed by atoms with Gasteiger partial charge < -0.3 is 5.73 Å². The third-order valence-electron chi connectivity index (χ3n) is 7.06. The van der Waals surface area contributed by atoms with Crippen molar-refractivity contribution in [2.45, 2.75) is 109 Å². The largest absolute Gasteiger partial charge is 0.370 e. The van der Waals surface area contributed by atoms with E-state index in [4.69, 9.17) is 10.7 Å². The number of fused-ring (bicyclic) bond motifs is 3. The minimum atomic E-state index is -0.176. The number of aromatic nitrogens is 2. The molecule has 1 amide bonds. The van der Waals surface area contributed by atoms with Gasteiger partial charge in [-0.25, -0.2) is 0 Å². The molecule has 1 atom stereocenters. The monoisotopic (exact) mass is 461 g/mol. The Morgan fingerprint density at radius 2 is 1.38 bits per heavy atom. The summed E-state index contributed by atoms with van der Waals surface area (Å²) in [5.74, 6) is 0.391. The molecule has 0 saturated heterocycles. The summed E-state index contributed by atoms with van der Waals surface area (Å²) in [6.07, 6.45) is 21.8. The summed E-state index contributed by atoms with van der Waals surface area (Å²) in [6.45, 7) is 2.28. The smallest absolute Gasteiger partial charge is 0.217 e. The fourth-order valence-corrected chi connectivity index (χ4v) is 5.17. The van der Waals surface area contributed by atoms with Gasteiger partial charge in [0, 0.05) is 29.6 Å². The standard InChI is InChI=1S/C30H43N3O/c1-2-3-4-5-8-11-16-24(17-12-9-6-7-10-13-20-28(31)34)27-23-25-18-14-21-32-29(25)30-26(27)19-15-22-33-30/h14-15,18-19,21-24H,2-13,16-17,20H2,1H3,(H2,31,34). The Morgan fingerprint density at radius 1 is 0.794 bits per heavy atom. The van der Waals surface area contributed by atoms with Crippen LogP contribution in [0, 0.1) is 0 Å². The average molecular weight is 462 g/mol. The van der Waals surface area contributed by atoms with E-state index in [1.165, 1.54) is 93.4 Å². The molecule has 0 saturated carbocycles. The number of hydrogen-bond donors (Lipinski definition) is 1. The first-order valence-corrected chi connectivity index (χ1v) is 13.6. The summed E-state index contributed by atoms with van der Waals surface area (Å²) < 4.78 is 0. The third-order valence-corrected chi connectivity index (χ3v) is 7.06. The van der Waals surface area contributed by atoms with Crippen LogP contribution in [0.15, 0.2) is 42.7 Å². The van der Waals surface area contributed by atoms with E-state index in [9.17, 15) is 4.79 Å². The lowest BCUT2D eigenvalue weighted by molar-refractivity contribution is -0.118. The lowest BCUT2D eigenvalue weighted by Crippen LogP contribution is -2.09. The molecule has 34 heavy (non-hydrogen) atoms. The molecule has 0 spiro atoms. The number of rotatable bonds is 17. The predicted molar refractivity (Wildman–Crippen MR) is 144 cm³/mol. The van der Waals surface area contributed by atoms with Gasteiger partial charge in [0.25, 0.3) is 0 Å². The van der Waals surface area contributed by atoms with Crippen LogP contribution in [0.4, 0.5) is 0 Å². The van der Waals surface area contributed by atoms with E-state index in [1.54, 1.807) is 0 Å². The quantitative estimate of drug-likeness (QED) is 0.163. The maximum absolute atomic E-state index is 10.9. The van der Waals surface area contributed by atoms with Gasteiger partial charge >= 0.3 is 0 Å². The number of nitrogens with zero attached hydrogens (tertiary/aromatic N) is 2. The van der Waals surface area contributed by atoms with Crippen LogP contribution in [-0.4, -0.2) is 15.9 Å². The molecular formula is C30H43N3O. The Balaban J connectivity index is 1.66. The van der Waals surface area contributed by atoms with Crippen LogP contribution < -0.4 is 5.73 Å². The molecular weight excluding hydrogens is 418 g/mol. The first kappa shape index (κ1) is 26.1. The average Bonchev–Trinajstić information content (AvgIpc) is 2.86. The van der Waals surface area contributed by atoms with E-state index in [0.717, 1.165) is 23.9 Å². The van der Waals surface area contributed by atoms with Crippen molar-refractivity contribution in [1.29, 1.82) is 0 Å². The maximum atomic E-state index is 10.9. The summed E-state index contributed by atoms with van der Waals surface area (Å²) in [5, 5.41) is 2.47. The molecule has 3 aromatic rings. The van der Waals surface area contributed by atoms with E-state index in [0.29, 0.717) is 12.3 Å². The normalized spacial score (nSPS) is 12.4. The van der Waals surface area contributed by atoms with Gasteiger partial charge in [0.05, 0.1) is 11.0 Å². The van der Waals surface area contributed by atoms with Crippen LogP contribution in [0.25, 0.3) is 21.8 Å². The molecule has 0 fully saturated rings. The lowest BCUT2D eigenvalue weighted by Gasteiger charge is -2.20. The fraction of sp³-hybridized carbons (Fsp3) is 0.567. The molecule has 2 aromatic heterocycles. The Kier molecular flexibility index (Phi) is 11.3. The topological polar surface area (TPSA) is 68.9 Å². The SMILES string of the molecule is CCCCCCCCC(CCCCCCCCC(N)=O)c1cc2cccnc2c2ncccc12. The van der Waals surface area contributed by atoms with E-state index < -0.39 is 0 Å². The number of pyridine rings is 2. The van der Waals surface area contributed by atoms with Crippen LogP contribution in [-0.2, 0) is 4.79 Å². The van der Waals surface area contributed by atoms with Gasteiger partial charge in [-0.05, 0) is 48.9 Å². The van der Waals surface area contributed by atoms with Crippen LogP contribution in [0.2, 0.25) is 0 Å². The number of benzene rings is 1. The molecule has 184 valence electrons. The van der Waals surface area contributed by atoms with Gasteiger partial charge in [0.15, 0.2) is 0 Å². The molecule has 1 aromatic carbocycles. The molecule has 4 heteroatoms. The van der Waals surface area contributed by atoms with Crippen molar-refractivity contribution < 1.29 is 4.79 Å². The van der Waals surface area contributed by atoms with Crippen molar-refractivity contribution in [3.8, 4) is 0 Å². The van der Waals surface area contributed by atoms with Gasteiger partial charge in [0.2, 0.25) is 5.91 Å². The van der Waals surface area contributed by atoms with Gasteiger partial charge in [-0.2, -0.15) is 0 Å². The molecule has 4 nitrogen and oxygen atoms in total. The van der Waals surface area contributed by atoms with Crippen LogP contribution in [0.5, 0.6) is 0 Å². The zero-order valence-electron chi connectivity index (χ0n) is 21.1. The highest BCUT2D eigenvalue weighted by Gasteiger charge is 2.17. The molecule has 3 rings (SSSR count). The fourth-order valence-electron chi connectivity index (χ4n) is 5.17. The van der Waals surface area contributed by atoms with Crippen LogP contribution >= 0.6 is 0 Å². The highest BCUT2D eigenvalue weighted by molar-refractivity contribution is 6.04. The van der Waals surface area contributed by atoms with E-state index in [-0.39, 0.29) is 5.91 Å². The summed E-state index contributed by atoms with van der Waals surface area (Å²) in [7, 11) is 0. The predicted octanol–water partition coefficient (Wildman–Crippen LogP) is 8.22. The number of hydrogen-bond acceptors (Lipinski definition) is 3. The van der Waals surface area contributed by atoms with Crippen molar-refractivity contribution in [2.24, 2.45) is 5.73 Å². The summed E-state index contributed by atoms with van der Waals surface area (Å²) in [4.78, 5) is 20.3. The third kappa shape index (κ3) is 8.07. The number of carbonyl (C=O) groups excluding carboxylic acids is 1. The van der Waals surface area contributed by atoms with Crippen LogP contribution in [0.3, 0.4) is 0 Å². The Labute approximate surface area is 205 Å².